The molecule has 4 heterocycles. The summed E-state index contributed by atoms with van der Waals surface area (Å²) in [6.07, 6.45) is 4.51. The molecule has 6 amide bonds. The number of nitrogens with one attached hydrogen (secondary N) is 4. The van der Waals surface area contributed by atoms with E-state index < -0.39 is 91.1 Å². The van der Waals surface area contributed by atoms with Gasteiger partial charge in [0.25, 0.3) is 17.7 Å². The number of carboxylic acid groups (broad SMARTS) is 3. The van der Waals surface area contributed by atoms with Crippen LogP contribution in [0.4, 0.5) is 8.78 Å². The molecule has 498 valence electrons. The highest BCUT2D eigenvalue weighted by molar-refractivity contribution is 14.1. The molecule has 1 unspecified atom stereocenters. The smallest absolute Gasteiger partial charge is 0.317 e. The number of nitrogens with zero attached hydrogens (tertiary/aromatic N) is 8. The van der Waals surface area contributed by atoms with Crippen LogP contribution in [0.1, 0.15) is 73.7 Å². The third kappa shape index (κ3) is 26.0. The van der Waals surface area contributed by atoms with E-state index in [0.29, 0.717) is 73.7 Å². The van der Waals surface area contributed by atoms with E-state index in [2.05, 4.69) is 48.8 Å². The van der Waals surface area contributed by atoms with Crippen molar-refractivity contribution in [2.45, 2.75) is 88.3 Å². The summed E-state index contributed by atoms with van der Waals surface area (Å²) in [7, 11) is 0. The maximum absolute atomic E-state index is 13.9. The van der Waals surface area contributed by atoms with Crippen LogP contribution < -0.4 is 26.0 Å². The van der Waals surface area contributed by atoms with Crippen molar-refractivity contribution >= 4 is 98.6 Å². The quantitative estimate of drug-likeness (QED) is 0.0326. The Morgan fingerprint density at radius 2 is 1.37 bits per heavy atom. The number of amides is 6. The number of aliphatic carboxylic acids is 3. The van der Waals surface area contributed by atoms with Gasteiger partial charge in [0.1, 0.15) is 23.9 Å². The normalized spacial score (nSPS) is 18.0. The summed E-state index contributed by atoms with van der Waals surface area (Å²) in [5.74, 6) is -8.23. The maximum Gasteiger partial charge on any atom is 0.317 e. The predicted molar refractivity (Wildman–Crippen MR) is 340 cm³/mol. The van der Waals surface area contributed by atoms with Gasteiger partial charge in [-0.15, -0.1) is 0 Å². The number of halogens is 3. The van der Waals surface area contributed by atoms with Crippen LogP contribution in [0.5, 0.6) is 5.75 Å². The van der Waals surface area contributed by atoms with E-state index in [1.807, 2.05) is 24.3 Å². The number of aryl methyl sites for hydroxylation is 1. The van der Waals surface area contributed by atoms with Gasteiger partial charge in [0.05, 0.1) is 63.0 Å². The maximum atomic E-state index is 13.9. The van der Waals surface area contributed by atoms with Crippen LogP contribution in [0.2, 0.25) is 0 Å². The van der Waals surface area contributed by atoms with Gasteiger partial charge in [0.2, 0.25) is 23.6 Å². The average molecular weight is 1410 g/mol. The number of thioether (sulfide) groups is 1. The second-order valence-electron chi connectivity index (χ2n) is 23.0. The number of aliphatic hydroxyl groups excluding tert-OH is 1. The molecular weight excluding hydrogens is 1320 g/mol. The van der Waals surface area contributed by atoms with Gasteiger partial charge in [-0.3, -0.25) is 67.7 Å². The van der Waals surface area contributed by atoms with Crippen molar-refractivity contribution in [1.29, 1.82) is 5.26 Å². The molecule has 30 heteroatoms. The highest BCUT2D eigenvalue weighted by Gasteiger charge is 2.47. The summed E-state index contributed by atoms with van der Waals surface area (Å²) < 4.78 is 35.0. The van der Waals surface area contributed by atoms with E-state index in [1.165, 1.54) is 24.0 Å². The first-order chi connectivity index (χ1) is 43.5. The second kappa shape index (κ2) is 37.6. The number of aromatic nitrogens is 1. The molecule has 91 heavy (non-hydrogen) atoms. The van der Waals surface area contributed by atoms with Crippen molar-refractivity contribution in [2.24, 2.45) is 5.92 Å². The van der Waals surface area contributed by atoms with Crippen LogP contribution in [-0.4, -0.2) is 268 Å². The molecule has 0 saturated carbocycles. The summed E-state index contributed by atoms with van der Waals surface area (Å²) in [5, 5.41) is 60.5. The summed E-state index contributed by atoms with van der Waals surface area (Å²) in [6, 6.07) is 14.0. The summed E-state index contributed by atoms with van der Waals surface area (Å²) >= 11 is 3.50. The highest BCUT2D eigenvalue weighted by Crippen LogP contribution is 2.32. The lowest BCUT2D eigenvalue weighted by Crippen LogP contribution is -2.52. The van der Waals surface area contributed by atoms with Crippen molar-refractivity contribution in [1.82, 2.24) is 55.7 Å². The lowest BCUT2D eigenvalue weighted by atomic mass is 9.92. The molecule has 8 N–H and O–H groups in total. The Morgan fingerprint density at radius 3 is 1.98 bits per heavy atom. The Balaban J connectivity index is 0.936. The fourth-order valence-electron chi connectivity index (χ4n) is 11.0. The van der Waals surface area contributed by atoms with E-state index in [4.69, 9.17) is 4.74 Å². The zero-order chi connectivity index (χ0) is 65.9. The van der Waals surface area contributed by atoms with Crippen LogP contribution in [0.3, 0.4) is 0 Å². The first-order valence-corrected chi connectivity index (χ1v) is 32.8. The number of fused-ring (bicyclic) bond motifs is 1. The molecule has 0 radical (unpaired) electrons. The van der Waals surface area contributed by atoms with Gasteiger partial charge in [-0.1, -0.05) is 12.1 Å². The molecule has 6 rings (SSSR count). The minimum absolute atomic E-state index is 0.0731. The first kappa shape index (κ1) is 73.2. The number of pyridine rings is 1. The molecule has 3 aromatic rings. The van der Waals surface area contributed by atoms with E-state index in [1.54, 1.807) is 48.8 Å². The Bertz CT molecular complexity index is 2970. The standard InChI is InChI=1S/C61H83F2IN12O14S/c62-61(63)33-45(34-65)76(41-61)54(80)35-69-58(87)47-14-18-66-49-13-12-46(32-48(47)49)90-30-3-5-43-15-20-75(21-16-43)60(89)51(77)40-91-31-19-68-59(88)50(6-2-17-67-52(78)7-1-4-42-8-10-44(64)11-9-42)70-53(79)36-71-22-24-72(37-55(81)82)26-28-74(39-57(85)86)29-27-73(25-23-71)38-56(83)84/h8-14,18,32,43,45,50-51,77H,1-7,15-17,19-31,33,35-41H2,(H,67,78)(H,68,88)(H,69,87)(H,70,79)(H,81,82)(H,83,84)(H,85,86)/t45-,50?,51-/m1/s1. The zero-order valence-corrected chi connectivity index (χ0v) is 53.9. The Hall–Kier alpha value is -6.89. The van der Waals surface area contributed by atoms with Crippen LogP contribution >= 0.6 is 34.4 Å². The van der Waals surface area contributed by atoms with Crippen molar-refractivity contribution in [3.63, 3.8) is 0 Å². The highest BCUT2D eigenvalue weighted by atomic mass is 127. The molecule has 3 saturated heterocycles. The number of likely N-dealkylation sites (tertiary alicyclic amines) is 2. The number of ether oxygens (including phenoxy) is 1. The number of alkyl halides is 2. The predicted octanol–water partition coefficient (Wildman–Crippen LogP) is 1.82. The van der Waals surface area contributed by atoms with Crippen molar-refractivity contribution in [2.75, 3.05) is 136 Å². The number of rotatable bonds is 32. The van der Waals surface area contributed by atoms with Crippen LogP contribution in [-0.2, 0) is 44.8 Å². The number of aliphatic hydroxyl groups is 1. The monoisotopic (exact) mass is 1400 g/mol. The third-order valence-electron chi connectivity index (χ3n) is 16.0. The van der Waals surface area contributed by atoms with Gasteiger partial charge < -0.3 is 56.2 Å². The minimum Gasteiger partial charge on any atom is -0.494 e. The number of nitriles is 1. The molecule has 3 aliphatic rings. The summed E-state index contributed by atoms with van der Waals surface area (Å²) in [4.78, 5) is 128. The zero-order valence-electron chi connectivity index (χ0n) is 50.9. The van der Waals surface area contributed by atoms with Gasteiger partial charge in [0.15, 0.2) is 0 Å². The van der Waals surface area contributed by atoms with Crippen molar-refractivity contribution in [3.8, 4) is 11.8 Å². The van der Waals surface area contributed by atoms with Crippen LogP contribution in [0.15, 0.2) is 54.7 Å². The average Bonchev–Trinajstić information content (AvgIpc) is 1.97. The number of carbonyl (C=O) groups is 9. The first-order valence-electron chi connectivity index (χ1n) is 30.6. The molecule has 1 aromatic heterocycles. The number of piperidine rings is 1. The molecule has 26 nitrogen and oxygen atoms in total. The van der Waals surface area contributed by atoms with E-state index in [0.717, 1.165) is 39.7 Å². The lowest BCUT2D eigenvalue weighted by molar-refractivity contribution is -0.140. The van der Waals surface area contributed by atoms with Crippen molar-refractivity contribution < 1.29 is 77.1 Å². The number of carboxylic acids is 3. The molecule has 3 aliphatic heterocycles. The molecule has 0 spiro atoms. The molecular formula is C61H83F2IN12O14S. The Kier molecular flexibility index (Phi) is 30.2. The SMILES string of the molecule is N#C[C@H]1CC(F)(F)CN1C(=O)CNC(=O)c1ccnc2ccc(OCCCC3CCN(C(=O)[C@H](O)CSCCNC(=O)C(CCCNC(=O)CCCc4ccc(I)cc4)NC(=O)CN4CCN(CC(=O)O)CCN(CC(=O)O)CCN(CC(=O)O)CC4)CC3)cc12. The number of hydrogen-bond acceptors (Lipinski definition) is 18. The molecule has 3 atom stereocenters. The lowest BCUT2D eigenvalue weighted by Gasteiger charge is -2.33. The largest absolute Gasteiger partial charge is 0.494 e. The van der Waals surface area contributed by atoms with E-state index in [-0.39, 0.29) is 115 Å². The van der Waals surface area contributed by atoms with Gasteiger partial charge in [0, 0.05) is 118 Å². The van der Waals surface area contributed by atoms with E-state index >= 15 is 0 Å². The summed E-state index contributed by atoms with van der Waals surface area (Å²) in [5.41, 5.74) is 1.81. The molecule has 0 bridgehead atoms. The van der Waals surface area contributed by atoms with Gasteiger partial charge in [-0.25, -0.2) is 8.78 Å². The third-order valence-corrected chi connectivity index (χ3v) is 17.7. The number of carbonyl (C=O) groups excluding carboxylic acids is 6. The van der Waals surface area contributed by atoms with Crippen molar-refractivity contribution in [3.05, 3.63) is 69.4 Å². The molecule has 3 fully saturated rings. The van der Waals surface area contributed by atoms with Gasteiger partial charge in [-0.2, -0.15) is 17.0 Å². The Labute approximate surface area is 545 Å². The number of hydrogen-bond donors (Lipinski definition) is 8. The molecule has 2 aromatic carbocycles. The number of benzene rings is 2. The van der Waals surface area contributed by atoms with Crippen LogP contribution in [0.25, 0.3) is 10.9 Å². The fourth-order valence-corrected chi connectivity index (χ4v) is 12.2. The fraction of sp³-hybridized carbons (Fsp3) is 0.590. The van der Waals surface area contributed by atoms with Gasteiger partial charge >= 0.3 is 17.9 Å². The Morgan fingerprint density at radius 1 is 0.758 bits per heavy atom. The topological polar surface area (TPSA) is 348 Å². The van der Waals surface area contributed by atoms with E-state index in [9.17, 15) is 77.6 Å². The molecule has 0 aliphatic carbocycles. The van der Waals surface area contributed by atoms with Gasteiger partial charge in [-0.05, 0) is 122 Å². The minimum atomic E-state index is -3.19. The summed E-state index contributed by atoms with van der Waals surface area (Å²) in [6.45, 7) is 0.548. The second-order valence-corrected chi connectivity index (χ2v) is 25.4. The van der Waals surface area contributed by atoms with Crippen LogP contribution in [0, 0.1) is 20.8 Å².